The third-order valence-electron chi connectivity index (χ3n) is 0.522. The van der Waals surface area contributed by atoms with Crippen LogP contribution in [0.3, 0.4) is 0 Å². The summed E-state index contributed by atoms with van der Waals surface area (Å²) < 4.78 is 0. The van der Waals surface area contributed by atoms with Crippen molar-refractivity contribution in [1.82, 2.24) is 0 Å². The fraction of sp³-hybridized carbons (Fsp3) is 0.600. The Hall–Kier alpha value is -0.823. The van der Waals surface area contributed by atoms with Gasteiger partial charge < -0.3 is 0 Å². The zero-order valence-corrected chi connectivity index (χ0v) is 6.76. The molecule has 0 N–H and O–H groups in total. The van der Waals surface area contributed by atoms with E-state index >= 15 is 0 Å². The van der Waals surface area contributed by atoms with Crippen molar-refractivity contribution in [3.05, 3.63) is 10.1 Å². The number of nitro groups is 1. The standard InChI is InChI=1S/C5H9NO2Si/c1-9(2,3)5-4-6(7)8/h1-3H3. The molecule has 0 bridgehead atoms. The molecule has 0 radical (unpaired) electrons. The average Bonchev–Trinajstić information content (AvgIpc) is 1.59. The summed E-state index contributed by atoms with van der Waals surface area (Å²) in [6.45, 7) is 5.89. The van der Waals surface area contributed by atoms with Crippen LogP contribution in [0.25, 0.3) is 0 Å². The highest BCUT2D eigenvalue weighted by Gasteiger charge is 2.09. The van der Waals surface area contributed by atoms with Gasteiger partial charge >= 0.3 is 0 Å². The smallest absolute Gasteiger partial charge is 0.249 e. The molecule has 4 heteroatoms. The molecule has 0 aliphatic rings. The van der Waals surface area contributed by atoms with Crippen LogP contribution in [-0.4, -0.2) is 13.0 Å². The molecule has 50 valence electrons. The summed E-state index contributed by atoms with van der Waals surface area (Å²) in [6, 6.07) is 1.92. The highest BCUT2D eigenvalue weighted by Crippen LogP contribution is 1.95. The van der Waals surface area contributed by atoms with Crippen molar-refractivity contribution in [1.29, 1.82) is 0 Å². The highest BCUT2D eigenvalue weighted by atomic mass is 28.3. The maximum absolute atomic E-state index is 9.70. The molecule has 0 rings (SSSR count). The molecule has 0 aliphatic carbocycles. The Morgan fingerprint density at radius 1 is 1.44 bits per heavy atom. The minimum Gasteiger partial charge on any atom is -0.249 e. The van der Waals surface area contributed by atoms with E-state index in [4.69, 9.17) is 0 Å². The van der Waals surface area contributed by atoms with Crippen LogP contribution in [0.4, 0.5) is 0 Å². The first-order valence-corrected chi connectivity index (χ1v) is 6.09. The van der Waals surface area contributed by atoms with Gasteiger partial charge in [0.05, 0.1) is 0 Å². The molecule has 0 unspecified atom stereocenters. The van der Waals surface area contributed by atoms with E-state index in [-0.39, 0.29) is 0 Å². The van der Waals surface area contributed by atoms with Crippen molar-refractivity contribution < 1.29 is 4.92 Å². The van der Waals surface area contributed by atoms with E-state index in [2.05, 4.69) is 5.54 Å². The Balaban J connectivity index is 4.04. The van der Waals surface area contributed by atoms with Gasteiger partial charge in [0, 0.05) is 0 Å². The van der Waals surface area contributed by atoms with Crippen LogP contribution >= 0.6 is 0 Å². The monoisotopic (exact) mass is 143 g/mol. The molecule has 0 amide bonds. The van der Waals surface area contributed by atoms with Crippen LogP contribution in [0, 0.1) is 21.7 Å². The van der Waals surface area contributed by atoms with Gasteiger partial charge in [-0.15, -0.1) is 0 Å². The largest absolute Gasteiger partial charge is 0.283 e. The summed E-state index contributed by atoms with van der Waals surface area (Å²) in [4.78, 5) is 9.10. The van der Waals surface area contributed by atoms with Gasteiger partial charge in [-0.2, -0.15) is 0 Å². The summed E-state index contributed by atoms with van der Waals surface area (Å²) in [5.74, 6) is 0. The minimum absolute atomic E-state index is 0.599. The SMILES string of the molecule is C[Si](C)(C)C#C[N+](=O)[O-]. The van der Waals surface area contributed by atoms with Gasteiger partial charge in [-0.25, -0.2) is 10.1 Å². The number of hydrogen-bond acceptors (Lipinski definition) is 2. The van der Waals surface area contributed by atoms with E-state index in [0.29, 0.717) is 0 Å². The molecule has 9 heavy (non-hydrogen) atoms. The summed E-state index contributed by atoms with van der Waals surface area (Å²) in [7, 11) is -1.52. The lowest BCUT2D eigenvalue weighted by Gasteiger charge is -1.99. The zero-order chi connectivity index (χ0) is 7.49. The fourth-order valence-electron chi connectivity index (χ4n) is 0.213. The van der Waals surface area contributed by atoms with Crippen molar-refractivity contribution in [2.45, 2.75) is 19.6 Å². The van der Waals surface area contributed by atoms with Crippen molar-refractivity contribution in [3.63, 3.8) is 0 Å². The lowest BCUT2D eigenvalue weighted by atomic mass is 11.2. The van der Waals surface area contributed by atoms with E-state index in [1.54, 1.807) is 0 Å². The third-order valence-corrected chi connectivity index (χ3v) is 1.38. The molecule has 0 saturated heterocycles. The van der Waals surface area contributed by atoms with Crippen LogP contribution in [0.5, 0.6) is 0 Å². The molecule has 0 aromatic rings. The predicted octanol–water partition coefficient (Wildman–Crippen LogP) is 1.10. The van der Waals surface area contributed by atoms with E-state index in [1.807, 2.05) is 25.7 Å². The summed E-state index contributed by atoms with van der Waals surface area (Å²) in [5, 5.41) is 9.70. The van der Waals surface area contributed by atoms with E-state index in [0.717, 1.165) is 0 Å². The zero-order valence-electron chi connectivity index (χ0n) is 5.76. The molecule has 0 aromatic heterocycles. The minimum atomic E-state index is -1.52. The fourth-order valence-corrected chi connectivity index (χ4v) is 0.640. The third kappa shape index (κ3) is 7.18. The Kier molecular flexibility index (Phi) is 2.40. The van der Waals surface area contributed by atoms with Crippen LogP contribution in [0.2, 0.25) is 19.6 Å². The van der Waals surface area contributed by atoms with Crippen LogP contribution < -0.4 is 0 Å². The van der Waals surface area contributed by atoms with Gasteiger partial charge in [-0.1, -0.05) is 25.2 Å². The Labute approximate surface area is 55.2 Å². The lowest BCUT2D eigenvalue weighted by Crippen LogP contribution is -2.16. The molecule has 0 atom stereocenters. The maximum atomic E-state index is 9.70. The summed E-state index contributed by atoms with van der Waals surface area (Å²) in [6.07, 6.45) is 0. The van der Waals surface area contributed by atoms with E-state index in [9.17, 15) is 10.1 Å². The lowest BCUT2D eigenvalue weighted by molar-refractivity contribution is -0.379. The topological polar surface area (TPSA) is 43.1 Å². The van der Waals surface area contributed by atoms with E-state index in [1.165, 1.54) is 0 Å². The molecule has 0 aliphatic heterocycles. The molecule has 0 spiro atoms. The maximum Gasteiger partial charge on any atom is 0.283 e. The second kappa shape index (κ2) is 2.64. The highest BCUT2D eigenvalue weighted by molar-refractivity contribution is 6.83. The first-order valence-electron chi connectivity index (χ1n) is 2.59. The van der Waals surface area contributed by atoms with Gasteiger partial charge in [0.25, 0.3) is 6.04 Å². The van der Waals surface area contributed by atoms with Crippen LogP contribution in [0.15, 0.2) is 0 Å². The average molecular weight is 143 g/mol. The number of nitrogens with zero attached hydrogens (tertiary/aromatic N) is 1. The van der Waals surface area contributed by atoms with Crippen molar-refractivity contribution in [2.24, 2.45) is 0 Å². The van der Waals surface area contributed by atoms with E-state index < -0.39 is 13.0 Å². The molecule has 0 fully saturated rings. The molecule has 3 nitrogen and oxygen atoms in total. The first kappa shape index (κ1) is 8.18. The van der Waals surface area contributed by atoms with Crippen molar-refractivity contribution in [3.8, 4) is 11.6 Å². The van der Waals surface area contributed by atoms with Gasteiger partial charge in [-0.3, -0.25) is 0 Å². The normalized spacial score (nSPS) is 9.67. The van der Waals surface area contributed by atoms with Gasteiger partial charge in [0.1, 0.15) is 13.0 Å². The van der Waals surface area contributed by atoms with Gasteiger partial charge in [0.15, 0.2) is 0 Å². The van der Waals surface area contributed by atoms with Gasteiger partial charge in [0.2, 0.25) is 0 Å². The van der Waals surface area contributed by atoms with Crippen molar-refractivity contribution >= 4 is 8.07 Å². The number of hydrogen-bond donors (Lipinski definition) is 0. The summed E-state index contributed by atoms with van der Waals surface area (Å²) >= 11 is 0. The second-order valence-corrected chi connectivity index (χ2v) is 7.49. The Bertz CT molecular complexity index is 172. The molecule has 0 aromatic carbocycles. The molecular weight excluding hydrogens is 134 g/mol. The van der Waals surface area contributed by atoms with Crippen molar-refractivity contribution in [2.75, 3.05) is 0 Å². The molecule has 0 heterocycles. The Morgan fingerprint density at radius 2 is 1.89 bits per heavy atom. The second-order valence-electron chi connectivity index (χ2n) is 2.74. The molecule has 0 saturated carbocycles. The first-order chi connectivity index (χ1) is 3.92. The quantitative estimate of drug-likeness (QED) is 0.167. The Morgan fingerprint density at radius 3 is 2.00 bits per heavy atom. The van der Waals surface area contributed by atoms with Crippen LogP contribution in [0.1, 0.15) is 0 Å². The molecular formula is C5H9NO2Si. The van der Waals surface area contributed by atoms with Crippen LogP contribution in [-0.2, 0) is 0 Å². The summed E-state index contributed by atoms with van der Waals surface area (Å²) in [5.41, 5.74) is 2.61. The number of rotatable bonds is 0. The van der Waals surface area contributed by atoms with Gasteiger partial charge in [-0.05, 0) is 0 Å². The predicted molar refractivity (Wildman–Crippen MR) is 38.1 cm³/mol.